The zero-order chi connectivity index (χ0) is 14.1. The minimum Gasteiger partial charge on any atom is -0.349 e. The van der Waals surface area contributed by atoms with E-state index >= 15 is 0 Å². The number of aromatic nitrogens is 3. The minimum absolute atomic E-state index is 0.0162. The normalized spacial score (nSPS) is 20.7. The standard InChI is InChI=1S/C13H12Cl2N4O/c14-8-1-7(2-9(15)3-8)10-4-11(10)13(20)16-5-12-17-6-18-19-12/h1-3,6,10-11H,4-5H2,(H,16,20)(H,17,18,19)/t10-,11-/m1/s1. The van der Waals surface area contributed by atoms with Crippen LogP contribution in [0.2, 0.25) is 10.0 Å². The number of carbonyl (C=O) groups excluding carboxylic acids is 1. The second kappa shape index (κ2) is 5.42. The number of hydrogen-bond acceptors (Lipinski definition) is 3. The highest BCUT2D eigenvalue weighted by Gasteiger charge is 2.44. The Morgan fingerprint density at radius 1 is 1.35 bits per heavy atom. The van der Waals surface area contributed by atoms with Crippen molar-refractivity contribution in [2.75, 3.05) is 0 Å². The molecule has 5 nitrogen and oxygen atoms in total. The van der Waals surface area contributed by atoms with Crippen LogP contribution in [0.5, 0.6) is 0 Å². The number of benzene rings is 1. The number of H-pyrrole nitrogens is 1. The van der Waals surface area contributed by atoms with Crippen molar-refractivity contribution in [2.24, 2.45) is 5.92 Å². The van der Waals surface area contributed by atoms with E-state index in [0.717, 1.165) is 12.0 Å². The third-order valence-corrected chi connectivity index (χ3v) is 3.77. The van der Waals surface area contributed by atoms with Crippen molar-refractivity contribution in [2.45, 2.75) is 18.9 Å². The van der Waals surface area contributed by atoms with Gasteiger partial charge in [0.2, 0.25) is 5.91 Å². The Morgan fingerprint density at radius 3 is 2.75 bits per heavy atom. The summed E-state index contributed by atoms with van der Waals surface area (Å²) in [5.74, 6) is 0.831. The molecule has 3 rings (SSSR count). The summed E-state index contributed by atoms with van der Waals surface area (Å²) in [6.45, 7) is 0.359. The van der Waals surface area contributed by atoms with Gasteiger partial charge in [0, 0.05) is 16.0 Å². The molecule has 104 valence electrons. The molecular formula is C13H12Cl2N4O. The van der Waals surface area contributed by atoms with Gasteiger partial charge in [0.25, 0.3) is 0 Å². The van der Waals surface area contributed by atoms with E-state index in [4.69, 9.17) is 23.2 Å². The Kier molecular flexibility index (Phi) is 3.63. The number of aromatic amines is 1. The second-order valence-corrected chi connectivity index (χ2v) is 5.67. The van der Waals surface area contributed by atoms with Crippen molar-refractivity contribution in [1.82, 2.24) is 20.5 Å². The van der Waals surface area contributed by atoms with Crippen LogP contribution in [0.4, 0.5) is 0 Å². The summed E-state index contributed by atoms with van der Waals surface area (Å²) in [7, 11) is 0. The summed E-state index contributed by atoms with van der Waals surface area (Å²) in [5, 5.41) is 10.5. The zero-order valence-corrected chi connectivity index (χ0v) is 11.9. The summed E-state index contributed by atoms with van der Waals surface area (Å²) < 4.78 is 0. The highest BCUT2D eigenvalue weighted by molar-refractivity contribution is 6.34. The molecular weight excluding hydrogens is 299 g/mol. The number of rotatable bonds is 4. The number of carbonyl (C=O) groups is 1. The highest BCUT2D eigenvalue weighted by Crippen LogP contribution is 2.48. The predicted octanol–water partition coefficient (Wildman–Crippen LogP) is 2.53. The van der Waals surface area contributed by atoms with E-state index in [0.29, 0.717) is 22.4 Å². The van der Waals surface area contributed by atoms with Crippen molar-refractivity contribution in [3.63, 3.8) is 0 Å². The summed E-state index contributed by atoms with van der Waals surface area (Å²) in [4.78, 5) is 16.0. The van der Waals surface area contributed by atoms with E-state index in [1.165, 1.54) is 6.33 Å². The fourth-order valence-corrected chi connectivity index (χ4v) is 2.80. The topological polar surface area (TPSA) is 70.7 Å². The maximum Gasteiger partial charge on any atom is 0.224 e. The quantitative estimate of drug-likeness (QED) is 0.911. The van der Waals surface area contributed by atoms with Gasteiger partial charge in [-0.3, -0.25) is 9.89 Å². The molecule has 0 bridgehead atoms. The maximum atomic E-state index is 12.0. The Labute approximate surface area is 125 Å². The molecule has 0 unspecified atom stereocenters. The lowest BCUT2D eigenvalue weighted by Gasteiger charge is -2.04. The van der Waals surface area contributed by atoms with Gasteiger partial charge in [0.05, 0.1) is 6.54 Å². The molecule has 1 heterocycles. The molecule has 1 aliphatic rings. The summed E-state index contributed by atoms with van der Waals surface area (Å²) in [6, 6.07) is 5.41. The average molecular weight is 311 g/mol. The van der Waals surface area contributed by atoms with Gasteiger partial charge < -0.3 is 5.32 Å². The van der Waals surface area contributed by atoms with Gasteiger partial charge in [0.1, 0.15) is 12.2 Å². The number of amides is 1. The largest absolute Gasteiger partial charge is 0.349 e. The molecule has 2 atom stereocenters. The number of halogens is 2. The lowest BCUT2D eigenvalue weighted by atomic mass is 10.1. The Morgan fingerprint density at radius 2 is 2.10 bits per heavy atom. The Balaban J connectivity index is 1.59. The van der Waals surface area contributed by atoms with Crippen LogP contribution in [0.15, 0.2) is 24.5 Å². The van der Waals surface area contributed by atoms with Crippen molar-refractivity contribution >= 4 is 29.1 Å². The Bertz CT molecular complexity index is 609. The molecule has 1 aromatic heterocycles. The SMILES string of the molecule is O=C(NCc1ncn[nH]1)[C@@H]1C[C@@H]1c1cc(Cl)cc(Cl)c1. The molecule has 1 saturated carbocycles. The van der Waals surface area contributed by atoms with Crippen LogP contribution in [-0.4, -0.2) is 21.1 Å². The van der Waals surface area contributed by atoms with Crippen LogP contribution in [0, 0.1) is 5.92 Å². The van der Waals surface area contributed by atoms with Crippen LogP contribution < -0.4 is 5.32 Å². The molecule has 0 radical (unpaired) electrons. The van der Waals surface area contributed by atoms with Crippen molar-refractivity contribution in [1.29, 1.82) is 0 Å². The fourth-order valence-electron chi connectivity index (χ4n) is 2.26. The van der Waals surface area contributed by atoms with Crippen molar-refractivity contribution in [3.05, 3.63) is 46.0 Å². The van der Waals surface area contributed by atoms with Crippen LogP contribution in [0.25, 0.3) is 0 Å². The van der Waals surface area contributed by atoms with Gasteiger partial charge in [0.15, 0.2) is 0 Å². The number of nitrogens with zero attached hydrogens (tertiary/aromatic N) is 2. The van der Waals surface area contributed by atoms with E-state index in [1.54, 1.807) is 6.07 Å². The van der Waals surface area contributed by atoms with Crippen molar-refractivity contribution < 1.29 is 4.79 Å². The van der Waals surface area contributed by atoms with Crippen LogP contribution >= 0.6 is 23.2 Å². The van der Waals surface area contributed by atoms with Gasteiger partial charge in [-0.05, 0) is 36.1 Å². The van der Waals surface area contributed by atoms with E-state index < -0.39 is 0 Å². The minimum atomic E-state index is -0.0209. The first kappa shape index (κ1) is 13.4. The van der Waals surface area contributed by atoms with Crippen LogP contribution in [0.3, 0.4) is 0 Å². The molecule has 0 spiro atoms. The molecule has 2 N–H and O–H groups in total. The zero-order valence-electron chi connectivity index (χ0n) is 10.4. The first-order valence-electron chi connectivity index (χ1n) is 6.21. The average Bonchev–Trinajstić information content (AvgIpc) is 3.03. The fraction of sp³-hybridized carbons (Fsp3) is 0.308. The smallest absolute Gasteiger partial charge is 0.224 e. The number of nitrogens with one attached hydrogen (secondary N) is 2. The van der Waals surface area contributed by atoms with E-state index in [2.05, 4.69) is 20.5 Å². The highest BCUT2D eigenvalue weighted by atomic mass is 35.5. The molecule has 0 aliphatic heterocycles. The summed E-state index contributed by atoms with van der Waals surface area (Å²) in [5.41, 5.74) is 1.02. The summed E-state index contributed by atoms with van der Waals surface area (Å²) in [6.07, 6.45) is 2.23. The van der Waals surface area contributed by atoms with E-state index in [9.17, 15) is 4.79 Å². The van der Waals surface area contributed by atoms with Crippen LogP contribution in [-0.2, 0) is 11.3 Å². The van der Waals surface area contributed by atoms with Gasteiger partial charge in [-0.15, -0.1) is 0 Å². The monoisotopic (exact) mass is 310 g/mol. The molecule has 7 heteroatoms. The van der Waals surface area contributed by atoms with Gasteiger partial charge in [-0.1, -0.05) is 23.2 Å². The van der Waals surface area contributed by atoms with E-state index in [1.807, 2.05) is 12.1 Å². The Hall–Kier alpha value is -1.59. The molecule has 20 heavy (non-hydrogen) atoms. The second-order valence-electron chi connectivity index (χ2n) is 4.80. The number of hydrogen-bond donors (Lipinski definition) is 2. The third kappa shape index (κ3) is 2.94. The lowest BCUT2D eigenvalue weighted by Crippen LogP contribution is -2.25. The third-order valence-electron chi connectivity index (χ3n) is 3.34. The molecule has 2 aromatic rings. The van der Waals surface area contributed by atoms with Crippen LogP contribution in [0.1, 0.15) is 23.7 Å². The van der Waals surface area contributed by atoms with Gasteiger partial charge >= 0.3 is 0 Å². The first-order valence-corrected chi connectivity index (χ1v) is 6.97. The van der Waals surface area contributed by atoms with Gasteiger partial charge in [-0.2, -0.15) is 5.10 Å². The predicted molar refractivity (Wildman–Crippen MR) is 75.5 cm³/mol. The van der Waals surface area contributed by atoms with Gasteiger partial charge in [-0.25, -0.2) is 4.98 Å². The molecule has 1 amide bonds. The molecule has 1 aromatic carbocycles. The first-order chi connectivity index (χ1) is 9.63. The molecule has 1 fully saturated rings. The van der Waals surface area contributed by atoms with E-state index in [-0.39, 0.29) is 17.7 Å². The molecule has 0 saturated heterocycles. The lowest BCUT2D eigenvalue weighted by molar-refractivity contribution is -0.122. The molecule has 1 aliphatic carbocycles. The maximum absolute atomic E-state index is 12.0. The summed E-state index contributed by atoms with van der Waals surface area (Å²) >= 11 is 11.9. The van der Waals surface area contributed by atoms with Crippen molar-refractivity contribution in [3.8, 4) is 0 Å².